The zero-order chi connectivity index (χ0) is 12.5. The summed E-state index contributed by atoms with van der Waals surface area (Å²) in [5.74, 6) is 0. The van der Waals surface area contributed by atoms with Gasteiger partial charge in [-0.05, 0) is 24.6 Å². The van der Waals surface area contributed by atoms with E-state index in [9.17, 15) is 13.2 Å². The number of aryl methyl sites for hydroxylation is 1. The van der Waals surface area contributed by atoms with Crippen molar-refractivity contribution in [2.45, 2.75) is 13.1 Å². The third-order valence-corrected chi connectivity index (χ3v) is 2.38. The van der Waals surface area contributed by atoms with Crippen molar-refractivity contribution in [3.05, 3.63) is 47.9 Å². The van der Waals surface area contributed by atoms with Crippen LogP contribution in [0.5, 0.6) is 0 Å². The standard InChI is InChI=1S/C12H9F3N2/c1-8-6-16-7-17-11(8)9-2-4-10(5-3-9)12(13,14)15/h2-7H,1H3. The summed E-state index contributed by atoms with van der Waals surface area (Å²) < 4.78 is 37.1. The van der Waals surface area contributed by atoms with Gasteiger partial charge in [0.05, 0.1) is 11.3 Å². The Kier molecular flexibility index (Phi) is 2.83. The molecule has 17 heavy (non-hydrogen) atoms. The lowest BCUT2D eigenvalue weighted by Crippen LogP contribution is -2.04. The van der Waals surface area contributed by atoms with Crippen molar-refractivity contribution in [1.29, 1.82) is 0 Å². The van der Waals surface area contributed by atoms with Crippen LogP contribution in [0.15, 0.2) is 36.8 Å². The molecule has 0 saturated heterocycles. The summed E-state index contributed by atoms with van der Waals surface area (Å²) in [7, 11) is 0. The van der Waals surface area contributed by atoms with Gasteiger partial charge in [0, 0.05) is 11.8 Å². The fourth-order valence-corrected chi connectivity index (χ4v) is 1.52. The molecule has 2 aromatic rings. The van der Waals surface area contributed by atoms with Crippen LogP contribution < -0.4 is 0 Å². The number of aromatic nitrogens is 2. The van der Waals surface area contributed by atoms with E-state index in [2.05, 4.69) is 9.97 Å². The van der Waals surface area contributed by atoms with Crippen LogP contribution in [0, 0.1) is 6.92 Å². The average Bonchev–Trinajstić information content (AvgIpc) is 2.29. The van der Waals surface area contributed by atoms with Gasteiger partial charge in [-0.3, -0.25) is 0 Å². The number of hydrogen-bond acceptors (Lipinski definition) is 2. The molecule has 2 nitrogen and oxygen atoms in total. The van der Waals surface area contributed by atoms with E-state index in [-0.39, 0.29) is 0 Å². The third kappa shape index (κ3) is 2.43. The van der Waals surface area contributed by atoms with E-state index in [1.165, 1.54) is 18.5 Å². The molecular weight excluding hydrogens is 229 g/mol. The number of hydrogen-bond donors (Lipinski definition) is 0. The van der Waals surface area contributed by atoms with Crippen molar-refractivity contribution in [3.63, 3.8) is 0 Å². The van der Waals surface area contributed by atoms with Gasteiger partial charge in [0.25, 0.3) is 0 Å². The Hall–Kier alpha value is -1.91. The fourth-order valence-electron chi connectivity index (χ4n) is 1.52. The van der Waals surface area contributed by atoms with E-state index in [0.29, 0.717) is 11.3 Å². The SMILES string of the molecule is Cc1cncnc1-c1ccc(C(F)(F)F)cc1. The van der Waals surface area contributed by atoms with Gasteiger partial charge < -0.3 is 0 Å². The van der Waals surface area contributed by atoms with Gasteiger partial charge in [-0.15, -0.1) is 0 Å². The lowest BCUT2D eigenvalue weighted by Gasteiger charge is -2.08. The molecule has 0 aliphatic heterocycles. The lowest BCUT2D eigenvalue weighted by molar-refractivity contribution is -0.137. The van der Waals surface area contributed by atoms with Gasteiger partial charge in [0.1, 0.15) is 6.33 Å². The lowest BCUT2D eigenvalue weighted by atomic mass is 10.1. The molecule has 1 heterocycles. The zero-order valence-corrected chi connectivity index (χ0v) is 8.99. The number of halogens is 3. The third-order valence-electron chi connectivity index (χ3n) is 2.38. The first-order chi connectivity index (χ1) is 7.98. The molecule has 0 bridgehead atoms. The number of nitrogens with zero attached hydrogens (tertiary/aromatic N) is 2. The Bertz CT molecular complexity index is 518. The van der Waals surface area contributed by atoms with E-state index in [1.807, 2.05) is 6.92 Å². The highest BCUT2D eigenvalue weighted by Gasteiger charge is 2.30. The van der Waals surface area contributed by atoms with Crippen molar-refractivity contribution >= 4 is 0 Å². The maximum Gasteiger partial charge on any atom is 0.416 e. The molecule has 0 amide bonds. The summed E-state index contributed by atoms with van der Waals surface area (Å²) in [6.45, 7) is 1.81. The van der Waals surface area contributed by atoms with E-state index in [1.54, 1.807) is 6.20 Å². The Morgan fingerprint density at radius 1 is 1.06 bits per heavy atom. The first-order valence-electron chi connectivity index (χ1n) is 4.93. The van der Waals surface area contributed by atoms with Gasteiger partial charge >= 0.3 is 6.18 Å². The topological polar surface area (TPSA) is 25.8 Å². The number of rotatable bonds is 1. The van der Waals surface area contributed by atoms with Crippen LogP contribution in [-0.2, 0) is 6.18 Å². The summed E-state index contributed by atoms with van der Waals surface area (Å²) in [5.41, 5.74) is 1.46. The zero-order valence-electron chi connectivity index (χ0n) is 8.99. The highest BCUT2D eigenvalue weighted by atomic mass is 19.4. The summed E-state index contributed by atoms with van der Waals surface area (Å²) in [6, 6.07) is 4.93. The van der Waals surface area contributed by atoms with Crippen molar-refractivity contribution in [1.82, 2.24) is 9.97 Å². The fraction of sp³-hybridized carbons (Fsp3) is 0.167. The van der Waals surface area contributed by atoms with Crippen molar-refractivity contribution < 1.29 is 13.2 Å². The van der Waals surface area contributed by atoms with E-state index >= 15 is 0 Å². The predicted molar refractivity (Wildman–Crippen MR) is 57.2 cm³/mol. The summed E-state index contributed by atoms with van der Waals surface area (Å²) in [4.78, 5) is 7.88. The van der Waals surface area contributed by atoms with Gasteiger partial charge in [0.15, 0.2) is 0 Å². The number of alkyl halides is 3. The maximum atomic E-state index is 12.4. The molecule has 0 spiro atoms. The molecule has 2 rings (SSSR count). The largest absolute Gasteiger partial charge is 0.416 e. The smallest absolute Gasteiger partial charge is 0.245 e. The predicted octanol–water partition coefficient (Wildman–Crippen LogP) is 3.47. The maximum absolute atomic E-state index is 12.4. The summed E-state index contributed by atoms with van der Waals surface area (Å²) in [5, 5.41) is 0. The molecule has 0 fully saturated rings. The molecule has 0 aliphatic carbocycles. The van der Waals surface area contributed by atoms with Crippen LogP contribution >= 0.6 is 0 Å². The molecule has 0 aliphatic rings. The van der Waals surface area contributed by atoms with Crippen molar-refractivity contribution in [2.75, 3.05) is 0 Å². The normalized spacial score (nSPS) is 11.5. The van der Waals surface area contributed by atoms with Crippen molar-refractivity contribution in [2.24, 2.45) is 0 Å². The van der Waals surface area contributed by atoms with Gasteiger partial charge in [-0.2, -0.15) is 13.2 Å². The number of benzene rings is 1. The second-order valence-electron chi connectivity index (χ2n) is 3.63. The van der Waals surface area contributed by atoms with E-state index in [4.69, 9.17) is 0 Å². The Labute approximate surface area is 96.2 Å². The van der Waals surface area contributed by atoms with Crippen molar-refractivity contribution in [3.8, 4) is 11.3 Å². The van der Waals surface area contributed by atoms with Crippen LogP contribution in [0.3, 0.4) is 0 Å². The Morgan fingerprint density at radius 3 is 2.24 bits per heavy atom. The van der Waals surface area contributed by atoms with Crippen LogP contribution in [-0.4, -0.2) is 9.97 Å². The molecule has 0 saturated carbocycles. The van der Waals surface area contributed by atoms with Crippen LogP contribution in [0.2, 0.25) is 0 Å². The van der Waals surface area contributed by atoms with Gasteiger partial charge in [0.2, 0.25) is 0 Å². The monoisotopic (exact) mass is 238 g/mol. The Morgan fingerprint density at radius 2 is 1.71 bits per heavy atom. The minimum absolute atomic E-state index is 0.647. The van der Waals surface area contributed by atoms with E-state index < -0.39 is 11.7 Å². The van der Waals surface area contributed by atoms with Crippen LogP contribution in [0.25, 0.3) is 11.3 Å². The second kappa shape index (κ2) is 4.16. The Balaban J connectivity index is 2.40. The van der Waals surface area contributed by atoms with E-state index in [0.717, 1.165) is 17.7 Å². The van der Waals surface area contributed by atoms with Gasteiger partial charge in [-0.1, -0.05) is 12.1 Å². The molecule has 0 N–H and O–H groups in total. The summed E-state index contributed by atoms with van der Waals surface area (Å²) >= 11 is 0. The minimum Gasteiger partial charge on any atom is -0.245 e. The van der Waals surface area contributed by atoms with Crippen LogP contribution in [0.1, 0.15) is 11.1 Å². The second-order valence-corrected chi connectivity index (χ2v) is 3.63. The molecule has 0 atom stereocenters. The average molecular weight is 238 g/mol. The molecule has 88 valence electrons. The summed E-state index contributed by atoms with van der Waals surface area (Å²) in [6.07, 6.45) is -1.31. The minimum atomic E-state index is -4.31. The molecule has 0 unspecified atom stereocenters. The first kappa shape index (κ1) is 11.6. The highest BCUT2D eigenvalue weighted by molar-refractivity contribution is 5.62. The van der Waals surface area contributed by atoms with Crippen LogP contribution in [0.4, 0.5) is 13.2 Å². The molecule has 1 aromatic heterocycles. The first-order valence-corrected chi connectivity index (χ1v) is 4.93. The molecule has 0 radical (unpaired) electrons. The molecular formula is C12H9F3N2. The quantitative estimate of drug-likeness (QED) is 0.760. The highest BCUT2D eigenvalue weighted by Crippen LogP contribution is 2.30. The molecule has 5 heteroatoms. The molecule has 1 aromatic carbocycles. The van der Waals surface area contributed by atoms with Gasteiger partial charge in [-0.25, -0.2) is 9.97 Å².